The molecule has 0 aromatic heterocycles. The summed E-state index contributed by atoms with van der Waals surface area (Å²) in [5.41, 5.74) is 0.240. The lowest BCUT2D eigenvalue weighted by Gasteiger charge is -2.31. The first-order valence-corrected chi connectivity index (χ1v) is 9.83. The molecule has 0 saturated heterocycles. The molecule has 1 nitrogen and oxygen atoms in total. The predicted molar refractivity (Wildman–Crippen MR) is 88.6 cm³/mol. The topological polar surface area (TPSA) is 3.24 Å². The van der Waals surface area contributed by atoms with Crippen molar-refractivity contribution < 1.29 is 0 Å². The fourth-order valence-corrected chi connectivity index (χ4v) is 5.01. The van der Waals surface area contributed by atoms with Gasteiger partial charge in [-0.1, -0.05) is 83.7 Å². The number of hydrogen-bond donors (Lipinski definition) is 0. The van der Waals surface area contributed by atoms with Crippen molar-refractivity contribution >= 4 is 28.6 Å². The van der Waals surface area contributed by atoms with E-state index in [-0.39, 0.29) is 5.66 Å². The fourth-order valence-electron chi connectivity index (χ4n) is 2.06. The summed E-state index contributed by atoms with van der Waals surface area (Å²) < 4.78 is 1.99. The third-order valence-corrected chi connectivity index (χ3v) is 8.52. The molecule has 19 heavy (non-hydrogen) atoms. The minimum atomic E-state index is -2.18. The molecule has 0 heterocycles. The molecule has 0 aliphatic carbocycles. The van der Waals surface area contributed by atoms with Gasteiger partial charge >= 0.3 is 0 Å². The number of nitrogens with zero attached hydrogens (tertiary/aromatic N) is 1. The van der Waals surface area contributed by atoms with Gasteiger partial charge in [-0.2, -0.15) is 0 Å². The molecule has 0 aliphatic rings. The molecule has 100 valence electrons. The molecule has 0 aliphatic heterocycles. The molecule has 0 amide bonds. The normalized spacial score (nSPS) is 14.6. The second-order valence-corrected chi connectivity index (χ2v) is 10.8. The van der Waals surface area contributed by atoms with Crippen LogP contribution >= 0.6 is 16.8 Å². The van der Waals surface area contributed by atoms with E-state index in [4.69, 9.17) is 23.0 Å². The Kier molecular flexibility index (Phi) is 4.81. The Morgan fingerprint density at radius 2 is 1.26 bits per heavy atom. The Morgan fingerprint density at radius 3 is 1.58 bits per heavy atom. The maximum Gasteiger partial charge on any atom is 0.110 e. The van der Waals surface area contributed by atoms with Crippen molar-refractivity contribution in [1.29, 1.82) is 0 Å². The van der Waals surface area contributed by atoms with Gasteiger partial charge in [0, 0.05) is 0 Å². The Balaban J connectivity index is 2.56. The zero-order valence-corrected chi connectivity index (χ0v) is 13.5. The van der Waals surface area contributed by atoms with Crippen LogP contribution in [0.2, 0.25) is 0 Å². The van der Waals surface area contributed by atoms with Crippen LogP contribution in [0, 0.1) is 0 Å². The van der Waals surface area contributed by atoms with Gasteiger partial charge in [0.15, 0.2) is 0 Å². The van der Waals surface area contributed by atoms with Gasteiger partial charge in [0.25, 0.3) is 0 Å². The predicted octanol–water partition coefficient (Wildman–Crippen LogP) is 4.89. The summed E-state index contributed by atoms with van der Waals surface area (Å²) in [6, 6.07) is 20.6. The third-order valence-electron chi connectivity index (χ3n) is 3.09. The molecule has 0 bridgehead atoms. The Hall–Kier alpha value is -0.660. The van der Waals surface area contributed by atoms with E-state index in [2.05, 4.69) is 24.3 Å². The molecule has 0 radical (unpaired) electrons. The Morgan fingerprint density at radius 1 is 0.895 bits per heavy atom. The van der Waals surface area contributed by atoms with E-state index in [9.17, 15) is 0 Å². The van der Waals surface area contributed by atoms with Gasteiger partial charge in [0.2, 0.25) is 0 Å². The number of rotatable bonds is 4. The van der Waals surface area contributed by atoms with Crippen LogP contribution in [0.4, 0.5) is 0 Å². The SMILES string of the molecule is CN(C)P(=S)(Cl)C(c1ccccc1)c1ccccc1. The van der Waals surface area contributed by atoms with E-state index >= 15 is 0 Å². The molecule has 0 saturated carbocycles. The van der Waals surface area contributed by atoms with Gasteiger partial charge in [-0.3, -0.25) is 4.67 Å². The maximum absolute atomic E-state index is 6.76. The quantitative estimate of drug-likeness (QED) is 0.740. The average molecular weight is 310 g/mol. The van der Waals surface area contributed by atoms with Crippen LogP contribution in [0.15, 0.2) is 60.7 Å². The monoisotopic (exact) mass is 309 g/mol. The molecule has 2 rings (SSSR count). The van der Waals surface area contributed by atoms with Gasteiger partial charge < -0.3 is 0 Å². The van der Waals surface area contributed by atoms with Crippen LogP contribution in [0.1, 0.15) is 16.8 Å². The fraction of sp³-hybridized carbons (Fsp3) is 0.200. The summed E-state index contributed by atoms with van der Waals surface area (Å²) in [6.07, 6.45) is 0. The highest BCUT2D eigenvalue weighted by molar-refractivity contribution is 8.26. The molecule has 0 fully saturated rings. The van der Waals surface area contributed by atoms with Crippen molar-refractivity contribution in [2.24, 2.45) is 0 Å². The first-order chi connectivity index (χ1) is 9.03. The summed E-state index contributed by atoms with van der Waals surface area (Å²) in [7, 11) is 3.93. The van der Waals surface area contributed by atoms with Crippen LogP contribution in [0.3, 0.4) is 0 Å². The van der Waals surface area contributed by atoms with Crippen LogP contribution in [-0.4, -0.2) is 18.8 Å². The van der Waals surface area contributed by atoms with Gasteiger partial charge in [-0.15, -0.1) is 0 Å². The smallest absolute Gasteiger partial charge is 0.110 e. The summed E-state index contributed by atoms with van der Waals surface area (Å²) in [6.45, 7) is 0. The van der Waals surface area contributed by atoms with E-state index < -0.39 is 5.54 Å². The van der Waals surface area contributed by atoms with Crippen molar-refractivity contribution in [2.75, 3.05) is 14.1 Å². The third kappa shape index (κ3) is 3.27. The van der Waals surface area contributed by atoms with E-state index in [1.165, 1.54) is 11.1 Å². The van der Waals surface area contributed by atoms with Crippen molar-refractivity contribution in [3.8, 4) is 0 Å². The number of halogens is 1. The second kappa shape index (κ2) is 6.19. The minimum absolute atomic E-state index is 0.0570. The highest BCUT2D eigenvalue weighted by Gasteiger charge is 2.31. The number of benzene rings is 2. The van der Waals surface area contributed by atoms with Crippen LogP contribution in [0.25, 0.3) is 0 Å². The van der Waals surface area contributed by atoms with Crippen molar-refractivity contribution in [2.45, 2.75) is 5.66 Å². The molecule has 1 unspecified atom stereocenters. The molecule has 0 spiro atoms. The van der Waals surface area contributed by atoms with Gasteiger partial charge in [0.05, 0.1) is 5.66 Å². The van der Waals surface area contributed by atoms with E-state index in [1.54, 1.807) is 0 Å². The first kappa shape index (κ1) is 14.7. The van der Waals surface area contributed by atoms with Gasteiger partial charge in [0.1, 0.15) is 5.54 Å². The molecule has 4 heteroatoms. The lowest BCUT2D eigenvalue weighted by Crippen LogP contribution is -2.12. The standard InChI is InChI=1S/C15H17ClNPS/c1-17(2)18(16,19)15(13-9-5-3-6-10-13)14-11-7-4-8-12-14/h3-12,15H,1-2H3. The molecule has 2 aromatic carbocycles. The van der Waals surface area contributed by atoms with E-state index in [1.807, 2.05) is 55.2 Å². The maximum atomic E-state index is 6.76. The molecular weight excluding hydrogens is 293 g/mol. The van der Waals surface area contributed by atoms with Crippen molar-refractivity contribution in [1.82, 2.24) is 4.67 Å². The van der Waals surface area contributed by atoms with Crippen LogP contribution < -0.4 is 0 Å². The zero-order chi connectivity index (χ0) is 13.9. The largest absolute Gasteiger partial charge is 0.269 e. The van der Waals surface area contributed by atoms with Crippen molar-refractivity contribution in [3.63, 3.8) is 0 Å². The van der Waals surface area contributed by atoms with Gasteiger partial charge in [-0.25, -0.2) is 0 Å². The molecule has 1 atom stereocenters. The molecular formula is C15H17ClNPS. The van der Waals surface area contributed by atoms with Crippen LogP contribution in [0.5, 0.6) is 0 Å². The van der Waals surface area contributed by atoms with E-state index in [0.717, 1.165) is 0 Å². The van der Waals surface area contributed by atoms with Crippen LogP contribution in [-0.2, 0) is 11.8 Å². The Bertz CT molecular complexity index is 532. The van der Waals surface area contributed by atoms with E-state index in [0.29, 0.717) is 0 Å². The zero-order valence-electron chi connectivity index (χ0n) is 11.0. The second-order valence-electron chi connectivity index (χ2n) is 4.62. The summed E-state index contributed by atoms with van der Waals surface area (Å²) >= 11 is 12.5. The first-order valence-electron chi connectivity index (χ1n) is 6.10. The number of hydrogen-bond acceptors (Lipinski definition) is 1. The summed E-state index contributed by atoms with van der Waals surface area (Å²) in [4.78, 5) is 0. The van der Waals surface area contributed by atoms with Gasteiger partial charge in [-0.05, 0) is 25.2 Å². The summed E-state index contributed by atoms with van der Waals surface area (Å²) in [5.74, 6) is 0. The molecule has 0 N–H and O–H groups in total. The summed E-state index contributed by atoms with van der Waals surface area (Å²) in [5, 5.41) is 0. The average Bonchev–Trinajstić information content (AvgIpc) is 2.41. The minimum Gasteiger partial charge on any atom is -0.269 e. The lowest BCUT2D eigenvalue weighted by atomic mass is 10.0. The lowest BCUT2D eigenvalue weighted by molar-refractivity contribution is 0.677. The highest BCUT2D eigenvalue weighted by atomic mass is 35.7. The van der Waals surface area contributed by atoms with Crippen molar-refractivity contribution in [3.05, 3.63) is 71.8 Å². The Labute approximate surface area is 125 Å². The molecule has 2 aromatic rings. The highest BCUT2D eigenvalue weighted by Crippen LogP contribution is 2.67.